The molecule has 1 fully saturated rings. The topological polar surface area (TPSA) is 79.2 Å². The molecule has 1 aliphatic heterocycles. The van der Waals surface area contributed by atoms with Crippen LogP contribution in [0.25, 0.3) is 5.65 Å². The van der Waals surface area contributed by atoms with Crippen LogP contribution in [0.2, 0.25) is 0 Å². The number of H-pyrrole nitrogens is 1. The Morgan fingerprint density at radius 1 is 1.26 bits per heavy atom. The number of piperidine rings is 1. The molecule has 0 radical (unpaired) electrons. The van der Waals surface area contributed by atoms with Crippen LogP contribution in [0, 0.1) is 0 Å². The second-order valence-corrected chi connectivity index (χ2v) is 8.20. The number of halogens is 3. The lowest BCUT2D eigenvalue weighted by molar-refractivity contribution is -0.142. The summed E-state index contributed by atoms with van der Waals surface area (Å²) in [7, 11) is 0. The minimum absolute atomic E-state index is 0.140. The Bertz CT molecular complexity index is 1100. The van der Waals surface area contributed by atoms with Crippen molar-refractivity contribution in [3.8, 4) is 0 Å². The SMILES string of the molecule is CCc1cc(C(F)(F)F)n2nc([C@H]3CCCCN3C(=O)c3cc(C(C)C)[nH]n3)cc2n1. The van der Waals surface area contributed by atoms with E-state index < -0.39 is 17.9 Å². The number of alkyl halides is 3. The first kappa shape index (κ1) is 21.3. The van der Waals surface area contributed by atoms with Gasteiger partial charge in [-0.3, -0.25) is 9.89 Å². The first-order chi connectivity index (χ1) is 14.7. The van der Waals surface area contributed by atoms with Crippen molar-refractivity contribution in [2.75, 3.05) is 6.54 Å². The predicted molar refractivity (Wildman–Crippen MR) is 108 cm³/mol. The number of fused-ring (bicyclic) bond motifs is 1. The lowest BCUT2D eigenvalue weighted by atomic mass is 9.99. The van der Waals surface area contributed by atoms with Crippen LogP contribution in [0.4, 0.5) is 13.2 Å². The Balaban J connectivity index is 1.73. The molecule has 4 heterocycles. The van der Waals surface area contributed by atoms with Gasteiger partial charge < -0.3 is 4.90 Å². The average molecular weight is 434 g/mol. The van der Waals surface area contributed by atoms with Gasteiger partial charge in [-0.15, -0.1) is 0 Å². The van der Waals surface area contributed by atoms with Crippen LogP contribution in [-0.2, 0) is 12.6 Å². The van der Waals surface area contributed by atoms with Crippen molar-refractivity contribution in [1.29, 1.82) is 0 Å². The third kappa shape index (κ3) is 4.03. The minimum Gasteiger partial charge on any atom is -0.329 e. The van der Waals surface area contributed by atoms with Crippen LogP contribution in [0.5, 0.6) is 0 Å². The van der Waals surface area contributed by atoms with Gasteiger partial charge in [0.2, 0.25) is 0 Å². The average Bonchev–Trinajstić information content (AvgIpc) is 3.39. The highest BCUT2D eigenvalue weighted by Gasteiger charge is 2.37. The molecule has 1 saturated heterocycles. The summed E-state index contributed by atoms with van der Waals surface area (Å²) in [6, 6.07) is 3.91. The van der Waals surface area contributed by atoms with Crippen LogP contribution in [0.15, 0.2) is 18.2 Å². The summed E-state index contributed by atoms with van der Waals surface area (Å²) in [5, 5.41) is 11.3. The van der Waals surface area contributed by atoms with Gasteiger partial charge >= 0.3 is 6.18 Å². The lowest BCUT2D eigenvalue weighted by Crippen LogP contribution is -2.39. The number of aromatic amines is 1. The Hall–Kier alpha value is -2.91. The van der Waals surface area contributed by atoms with E-state index in [-0.39, 0.29) is 17.5 Å². The molecule has 1 atom stereocenters. The fraction of sp³-hybridized carbons (Fsp3) is 0.524. The Labute approximate surface area is 177 Å². The second-order valence-electron chi connectivity index (χ2n) is 8.20. The number of amides is 1. The maximum atomic E-state index is 13.6. The highest BCUT2D eigenvalue weighted by atomic mass is 19.4. The molecule has 3 aromatic rings. The number of nitrogens with one attached hydrogen (secondary N) is 1. The van der Waals surface area contributed by atoms with E-state index in [1.807, 2.05) is 13.8 Å². The lowest BCUT2D eigenvalue weighted by Gasteiger charge is -2.34. The van der Waals surface area contributed by atoms with Crippen molar-refractivity contribution in [2.24, 2.45) is 0 Å². The molecular weight excluding hydrogens is 409 g/mol. The van der Waals surface area contributed by atoms with Crippen molar-refractivity contribution in [2.45, 2.75) is 64.6 Å². The van der Waals surface area contributed by atoms with Crippen LogP contribution in [0.3, 0.4) is 0 Å². The summed E-state index contributed by atoms with van der Waals surface area (Å²) in [6.07, 6.45) is -1.87. The monoisotopic (exact) mass is 434 g/mol. The van der Waals surface area contributed by atoms with Gasteiger partial charge in [-0.2, -0.15) is 23.4 Å². The van der Waals surface area contributed by atoms with Gasteiger partial charge in [0, 0.05) is 24.0 Å². The van der Waals surface area contributed by atoms with Gasteiger partial charge in [-0.05, 0) is 43.7 Å². The summed E-state index contributed by atoms with van der Waals surface area (Å²) in [4.78, 5) is 19.2. The summed E-state index contributed by atoms with van der Waals surface area (Å²) < 4.78 is 41.7. The fourth-order valence-electron chi connectivity index (χ4n) is 3.96. The van der Waals surface area contributed by atoms with Crippen LogP contribution >= 0.6 is 0 Å². The van der Waals surface area contributed by atoms with Gasteiger partial charge in [0.05, 0.1) is 11.7 Å². The number of nitrogens with zero attached hydrogens (tertiary/aromatic N) is 5. The molecule has 3 aromatic heterocycles. The zero-order chi connectivity index (χ0) is 22.3. The highest BCUT2D eigenvalue weighted by Crippen LogP contribution is 2.34. The molecular formula is C21H25F3N6O. The molecule has 0 aliphatic carbocycles. The maximum absolute atomic E-state index is 13.6. The zero-order valence-electron chi connectivity index (χ0n) is 17.7. The largest absolute Gasteiger partial charge is 0.433 e. The van der Waals surface area contributed by atoms with Crippen molar-refractivity contribution in [1.82, 2.24) is 29.7 Å². The van der Waals surface area contributed by atoms with Gasteiger partial charge in [0.15, 0.2) is 5.65 Å². The van der Waals surface area contributed by atoms with Crippen molar-refractivity contribution in [3.05, 3.63) is 46.7 Å². The number of hydrogen-bond acceptors (Lipinski definition) is 4. The van der Waals surface area contributed by atoms with E-state index in [1.54, 1.807) is 24.0 Å². The summed E-state index contributed by atoms with van der Waals surface area (Å²) in [5.74, 6) is -0.0487. The van der Waals surface area contributed by atoms with Gasteiger partial charge in [-0.1, -0.05) is 20.8 Å². The predicted octanol–water partition coefficient (Wildman–Crippen LogP) is 4.52. The highest BCUT2D eigenvalue weighted by molar-refractivity contribution is 5.92. The van der Waals surface area contributed by atoms with Crippen molar-refractivity contribution >= 4 is 11.6 Å². The van der Waals surface area contributed by atoms with Gasteiger partial charge in [-0.25, -0.2) is 9.50 Å². The standard InChI is InChI=1S/C21H25F3N6O/c1-4-13-9-18(21(22,23)24)30-19(25-13)11-15(28-30)17-7-5-6-8-29(17)20(31)16-10-14(12(2)3)26-27-16/h9-12,17H,4-8H2,1-3H3,(H,26,27)/t17-/m1/s1. The minimum atomic E-state index is -4.56. The number of hydrogen-bond donors (Lipinski definition) is 1. The first-order valence-electron chi connectivity index (χ1n) is 10.5. The van der Waals surface area contributed by atoms with E-state index in [1.165, 1.54) is 0 Å². The number of aromatic nitrogens is 5. The van der Waals surface area contributed by atoms with Crippen LogP contribution in [-0.4, -0.2) is 42.1 Å². The fourth-order valence-corrected chi connectivity index (χ4v) is 3.96. The van der Waals surface area contributed by atoms with E-state index in [9.17, 15) is 18.0 Å². The smallest absolute Gasteiger partial charge is 0.329 e. The molecule has 1 N–H and O–H groups in total. The number of likely N-dealkylation sites (tertiary alicyclic amines) is 1. The number of aryl methyl sites for hydroxylation is 1. The molecule has 10 heteroatoms. The van der Waals surface area contributed by atoms with Crippen LogP contribution < -0.4 is 0 Å². The molecule has 0 saturated carbocycles. The molecule has 166 valence electrons. The Morgan fingerprint density at radius 3 is 2.68 bits per heavy atom. The van der Waals surface area contributed by atoms with Crippen molar-refractivity contribution in [3.63, 3.8) is 0 Å². The molecule has 0 aromatic carbocycles. The molecule has 0 unspecified atom stereocenters. The quantitative estimate of drug-likeness (QED) is 0.655. The molecule has 1 aliphatic rings. The normalized spacial score (nSPS) is 17.6. The number of carbonyl (C=O) groups is 1. The van der Waals surface area contributed by atoms with E-state index in [0.717, 1.165) is 29.1 Å². The van der Waals surface area contributed by atoms with E-state index >= 15 is 0 Å². The van der Waals surface area contributed by atoms with E-state index in [2.05, 4.69) is 20.3 Å². The van der Waals surface area contributed by atoms with Gasteiger partial charge in [0.25, 0.3) is 5.91 Å². The molecule has 0 bridgehead atoms. The molecule has 31 heavy (non-hydrogen) atoms. The van der Waals surface area contributed by atoms with Gasteiger partial charge in [0.1, 0.15) is 11.4 Å². The maximum Gasteiger partial charge on any atom is 0.433 e. The molecule has 0 spiro atoms. The molecule has 1 amide bonds. The number of carbonyl (C=O) groups excluding carboxylic acids is 1. The summed E-state index contributed by atoms with van der Waals surface area (Å²) >= 11 is 0. The van der Waals surface area contributed by atoms with E-state index in [0.29, 0.717) is 36.5 Å². The Morgan fingerprint density at radius 2 is 2.03 bits per heavy atom. The molecule has 7 nitrogen and oxygen atoms in total. The third-order valence-corrected chi connectivity index (χ3v) is 5.70. The second kappa shape index (κ2) is 7.97. The van der Waals surface area contributed by atoms with E-state index in [4.69, 9.17) is 0 Å². The summed E-state index contributed by atoms with van der Waals surface area (Å²) in [5.41, 5.74) is 1.21. The third-order valence-electron chi connectivity index (χ3n) is 5.70. The van der Waals surface area contributed by atoms with Crippen molar-refractivity contribution < 1.29 is 18.0 Å². The zero-order valence-corrected chi connectivity index (χ0v) is 17.7. The number of rotatable bonds is 4. The first-order valence-corrected chi connectivity index (χ1v) is 10.5. The molecule has 4 rings (SSSR count). The Kier molecular flexibility index (Phi) is 5.49. The van der Waals surface area contributed by atoms with Crippen LogP contribution in [0.1, 0.15) is 85.3 Å². The summed E-state index contributed by atoms with van der Waals surface area (Å²) in [6.45, 7) is 6.25.